The molecule has 10 N–H and O–H groups in total. The summed E-state index contributed by atoms with van der Waals surface area (Å²) in [7, 11) is -20.9. The second kappa shape index (κ2) is 62.1. The van der Waals surface area contributed by atoms with Crippen molar-refractivity contribution in [1.82, 2.24) is 34.3 Å². The van der Waals surface area contributed by atoms with E-state index in [1.165, 1.54) is 40.2 Å². The van der Waals surface area contributed by atoms with Crippen molar-refractivity contribution >= 4 is 102 Å². The van der Waals surface area contributed by atoms with Crippen molar-refractivity contribution in [2.75, 3.05) is 0 Å². The molecule has 0 radical (unpaired) electrons. The molecule has 129 heavy (non-hydrogen) atoms. The van der Waals surface area contributed by atoms with Crippen LogP contribution < -0.4 is 49.4 Å². The quantitative estimate of drug-likeness (QED) is 0.00514. The number of aromatic nitrogens is 6. The Morgan fingerprint density at radius 3 is 1.05 bits per heavy atom. The molecule has 0 aliphatic heterocycles. The number of primary sulfonamides is 1. The monoisotopic (exact) mass is 1970 g/mol. The van der Waals surface area contributed by atoms with Crippen molar-refractivity contribution in [2.45, 2.75) is 264 Å². The number of hydrogen-bond acceptors (Lipinski definition) is 20. The predicted molar refractivity (Wildman–Crippen MR) is 537 cm³/mol. The van der Waals surface area contributed by atoms with Gasteiger partial charge >= 0.3 is 39.9 Å². The summed E-state index contributed by atoms with van der Waals surface area (Å²) >= 11 is 4.45. The van der Waals surface area contributed by atoms with E-state index in [0.717, 1.165) is 80.5 Å². The SMILES string of the molecule is CC(CCc1ccccc1)S(=O)(=O)N[Si](C)(C)C(C)(C)C.CC(CCc1ccccc1)S(=O)(=O)c1ncccn1.CC(CCc1ccccc1)S(=O)[O-].CC(CCc1ccccc1)S(N)(=O)=N[Si](C)(C)C(C)(C)C.CC(CCc1ccccc1)S(N)(=O)=O.CC(CCc1ccccc1)Sc1ncccn1.CC(O)CCc1ccccc1.NS(=O)(=O)O.S=c1nccc[nH]1.[Na+]. The zero-order chi connectivity index (χ0) is 96.3. The first-order chi connectivity index (χ1) is 59.7. The van der Waals surface area contributed by atoms with Crippen LogP contribution in [0.5, 0.6) is 0 Å². The number of aromatic amines is 1. The van der Waals surface area contributed by atoms with E-state index in [1.807, 2.05) is 178 Å². The third-order valence-corrected chi connectivity index (χ3v) is 42.8. The first-order valence-electron chi connectivity index (χ1n) is 42.6. The molecule has 0 amide bonds. The standard InChI is InChI=1S/C16H30N2OSSi.C16H29NO2SSi.C14H16N2O2S.C14H16N2S.C10H15NO2S.C10H14O2S.C10H14O.C4H4N2S.H3NO3S.Na/c1-14(12-13-15-10-8-7-9-11-15)20(17,19)18-21(5,6)16(2,3)4;1-14(12-13-15-10-8-7-9-11-15)20(18,19)17-21(5,6)16(2,3)4;1-12(8-9-13-6-3-2-4-7-13)19(17,18)14-15-10-5-11-16-14;1-12(17-14-15-10-5-11-16-14)8-9-13-6-3-2-4-7-13;1-9(14(11,12)13)7-8-10-5-3-2-4-6-10;1-9(13(11)12)7-8-10-5-3-2-4-6-10;1-9(11)7-8-10-5-3-2-4-6-10;7-4-5-2-1-3-6-4;1-5(2,3)4;/h7-11,14H,12-13H2,1-6H3,(H2,17,18,19);7-11,14,17H,12-13H2,1-6H3;2-7,10-12H,8-9H2,1H3;2-7,10-12H,8-9H2,1H3;2-6,9H,7-8H2,1H3,(H2,11,12,13);2-6,9H,7-8H2,1H3,(H,11,12);2-6,9,11H,7-8H2,1H3;1-3H,(H,5,6,7);(H3,1,2,3,4);/q;;;;;;;;;+1/p-1. The largest absolute Gasteiger partial charge is 1.00 e. The minimum Gasteiger partial charge on any atom is -0.772 e. The zero-order valence-corrected chi connectivity index (χ0v) is 88.9. The first kappa shape index (κ1) is 120. The number of H-pyrrole nitrogens is 1. The summed E-state index contributed by atoms with van der Waals surface area (Å²) in [5.41, 5.74) is 8.61. The van der Waals surface area contributed by atoms with Crippen LogP contribution in [-0.4, -0.2) is 140 Å². The van der Waals surface area contributed by atoms with Crippen molar-refractivity contribution in [3.8, 4) is 0 Å². The van der Waals surface area contributed by atoms with Gasteiger partial charge < -0.3 is 14.6 Å². The van der Waals surface area contributed by atoms with Gasteiger partial charge in [-0.15, -0.1) is 0 Å². The van der Waals surface area contributed by atoms with Crippen LogP contribution in [0.15, 0.2) is 282 Å². The Balaban J connectivity index is 0.000000741. The predicted octanol–water partition coefficient (Wildman–Crippen LogP) is 16.2. The molecule has 10 aromatic rings. The van der Waals surface area contributed by atoms with E-state index in [-0.39, 0.29) is 66.6 Å². The Morgan fingerprint density at radius 2 is 0.752 bits per heavy atom. The number of nitrogens with zero attached hydrogens (tertiary/aromatic N) is 6. The molecule has 0 saturated carbocycles. The van der Waals surface area contributed by atoms with E-state index in [2.05, 4.69) is 185 Å². The van der Waals surface area contributed by atoms with E-state index in [4.69, 9.17) is 28.4 Å². The first-order valence-corrected chi connectivity index (χ1v) is 58.8. The third kappa shape index (κ3) is 55.6. The van der Waals surface area contributed by atoms with Gasteiger partial charge in [-0.1, -0.05) is 304 Å². The maximum atomic E-state index is 12.8. The fraction of sp³-hybridized carbons (Fsp3) is 0.426. The van der Waals surface area contributed by atoms with Gasteiger partial charge in [0.2, 0.25) is 35.0 Å². The van der Waals surface area contributed by atoms with Crippen LogP contribution in [0, 0.1) is 4.77 Å². The fourth-order valence-corrected chi connectivity index (χ4v) is 23.9. The molecule has 35 heteroatoms. The van der Waals surface area contributed by atoms with Crippen LogP contribution in [-0.2, 0) is 106 Å². The Morgan fingerprint density at radius 1 is 0.450 bits per heavy atom. The van der Waals surface area contributed by atoms with Crippen LogP contribution in [0.1, 0.15) is 174 Å². The average molecular weight is 1970 g/mol. The number of aliphatic hydroxyl groups excluding tert-OH is 1. The second-order valence-corrected chi connectivity index (χ2v) is 57.3. The van der Waals surface area contributed by atoms with Gasteiger partial charge in [-0.05, 0) is 217 Å². The van der Waals surface area contributed by atoms with Gasteiger partial charge in [-0.25, -0.2) is 74.2 Å². The van der Waals surface area contributed by atoms with Crippen LogP contribution in [0.4, 0.5) is 0 Å². The summed E-state index contributed by atoms with van der Waals surface area (Å²) in [6, 6.07) is 75.9. The summed E-state index contributed by atoms with van der Waals surface area (Å²) < 4.78 is 139. The molecule has 0 fully saturated rings. The average Bonchev–Trinajstić information content (AvgIpc) is 0.807. The molecular formula is C94H140N11NaO13S8Si2. The Kier molecular flexibility index (Phi) is 57.9. The minimum absolute atomic E-state index is 0. The van der Waals surface area contributed by atoms with Gasteiger partial charge in [0, 0.05) is 47.7 Å². The third-order valence-electron chi connectivity index (χ3n) is 21.0. The van der Waals surface area contributed by atoms with E-state index in [1.54, 1.807) is 76.4 Å². The van der Waals surface area contributed by atoms with Gasteiger partial charge in [0.25, 0.3) is 0 Å². The van der Waals surface area contributed by atoms with Crippen molar-refractivity contribution in [2.24, 2.45) is 19.4 Å². The number of thioether (sulfide) groups is 1. The molecule has 24 nitrogen and oxygen atoms in total. The summed E-state index contributed by atoms with van der Waals surface area (Å²) in [5.74, 6) is 0. The van der Waals surface area contributed by atoms with Crippen molar-refractivity contribution in [3.63, 3.8) is 0 Å². The number of hydrogen-bond donors (Lipinski definition) is 7. The molecule has 0 aliphatic rings. The number of sulfonamides is 2. The molecule has 0 spiro atoms. The minimum atomic E-state index is -4.17. The van der Waals surface area contributed by atoms with E-state index < -0.39 is 88.2 Å². The zero-order valence-electron chi connectivity index (χ0n) is 78.4. The van der Waals surface area contributed by atoms with Gasteiger partial charge in [0.15, 0.2) is 18.2 Å². The smallest absolute Gasteiger partial charge is 0.772 e. The summed E-state index contributed by atoms with van der Waals surface area (Å²) in [5, 5.41) is 23.7. The summed E-state index contributed by atoms with van der Waals surface area (Å²) in [6.45, 7) is 34.1. The summed E-state index contributed by atoms with van der Waals surface area (Å²) in [4.78, 5) is 22.6. The molecule has 9 unspecified atom stereocenters. The fourth-order valence-electron chi connectivity index (χ4n) is 10.5. The second-order valence-electron chi connectivity index (χ2n) is 34.1. The number of aryl methyl sites for hydroxylation is 7. The van der Waals surface area contributed by atoms with Gasteiger partial charge in [-0.3, -0.25) is 12.8 Å². The van der Waals surface area contributed by atoms with Crippen molar-refractivity contribution in [1.29, 1.82) is 0 Å². The van der Waals surface area contributed by atoms with Gasteiger partial charge in [0.1, 0.15) is 8.24 Å². The van der Waals surface area contributed by atoms with Gasteiger partial charge in [-0.2, -0.15) is 8.42 Å². The van der Waals surface area contributed by atoms with E-state index in [0.29, 0.717) is 35.7 Å². The Bertz CT molecular complexity index is 5350. The van der Waals surface area contributed by atoms with E-state index >= 15 is 0 Å². The number of benzene rings is 7. The molecule has 7 aromatic carbocycles. The molecule has 0 bridgehead atoms. The van der Waals surface area contributed by atoms with Crippen LogP contribution in [0.25, 0.3) is 0 Å². The van der Waals surface area contributed by atoms with Crippen molar-refractivity contribution in [3.05, 3.63) is 311 Å². The van der Waals surface area contributed by atoms with Crippen molar-refractivity contribution < 1.29 is 85.9 Å². The number of aliphatic hydroxyl groups is 1. The maximum absolute atomic E-state index is 12.8. The number of nitrogens with one attached hydrogen (secondary N) is 2. The number of sulfone groups is 1. The maximum Gasteiger partial charge on any atom is 1.00 e. The molecule has 0 aliphatic carbocycles. The van der Waals surface area contributed by atoms with Crippen LogP contribution in [0.3, 0.4) is 0 Å². The summed E-state index contributed by atoms with van der Waals surface area (Å²) in [6.07, 6.45) is 21.0. The normalized spacial score (nSPS) is 13.8. The molecule has 3 aromatic heterocycles. The van der Waals surface area contributed by atoms with Gasteiger partial charge in [0.05, 0.1) is 37.0 Å². The number of nitrogens with two attached hydrogens (primary N) is 3. The molecule has 10 rings (SSSR count). The van der Waals surface area contributed by atoms with Crippen LogP contribution in [0.2, 0.25) is 36.3 Å². The molecule has 0 saturated heterocycles. The Labute approximate surface area is 809 Å². The van der Waals surface area contributed by atoms with E-state index in [9.17, 15) is 38.2 Å². The topological polar surface area (TPSA) is 417 Å². The molecular weight excluding hydrogens is 1830 g/mol. The number of rotatable bonds is 32. The Hall–Kier alpha value is -6.60. The van der Waals surface area contributed by atoms with Crippen LogP contribution >= 0.6 is 24.0 Å². The molecule has 3 heterocycles. The molecule has 9 atom stereocenters. The molecule has 706 valence electrons.